The summed E-state index contributed by atoms with van der Waals surface area (Å²) in [5.74, 6) is -1.56. The Kier molecular flexibility index (Phi) is 5.94. The lowest BCUT2D eigenvalue weighted by Gasteiger charge is -1.99. The molecular formula is C11H11BrF3N3O. The minimum absolute atomic E-state index is 0.159. The fourth-order valence-corrected chi connectivity index (χ4v) is 1.53. The van der Waals surface area contributed by atoms with Crippen LogP contribution in [0.4, 0.5) is 13.2 Å². The number of nitrogens with zero attached hydrogens (tertiary/aromatic N) is 3. The molecule has 0 aliphatic rings. The van der Waals surface area contributed by atoms with Crippen molar-refractivity contribution in [2.75, 3.05) is 0 Å². The van der Waals surface area contributed by atoms with E-state index in [0.29, 0.717) is 0 Å². The average molecular weight is 338 g/mol. The van der Waals surface area contributed by atoms with Gasteiger partial charge in [0, 0.05) is 11.5 Å². The molecule has 0 aliphatic carbocycles. The van der Waals surface area contributed by atoms with Crippen molar-refractivity contribution in [1.29, 1.82) is 0 Å². The molecule has 2 rings (SSSR count). The Morgan fingerprint density at radius 2 is 2.00 bits per heavy atom. The summed E-state index contributed by atoms with van der Waals surface area (Å²) < 4.78 is 42.4. The highest BCUT2D eigenvalue weighted by Crippen LogP contribution is 2.23. The Morgan fingerprint density at radius 3 is 2.47 bits per heavy atom. The van der Waals surface area contributed by atoms with Gasteiger partial charge in [-0.3, -0.25) is 4.98 Å². The van der Waals surface area contributed by atoms with Crippen LogP contribution in [-0.2, 0) is 5.33 Å². The number of aromatic nitrogens is 3. The van der Waals surface area contributed by atoms with Gasteiger partial charge in [-0.15, -0.1) is 10.2 Å². The molecule has 0 unspecified atom stereocenters. The van der Waals surface area contributed by atoms with Crippen molar-refractivity contribution in [1.82, 2.24) is 15.2 Å². The van der Waals surface area contributed by atoms with Crippen LogP contribution >= 0.6 is 15.9 Å². The first-order valence-electron chi connectivity index (χ1n) is 5.44. The molecule has 2 aromatic heterocycles. The van der Waals surface area contributed by atoms with Crippen molar-refractivity contribution in [3.63, 3.8) is 0 Å². The van der Waals surface area contributed by atoms with Crippen LogP contribution in [0.3, 0.4) is 0 Å². The molecule has 0 atom stereocenters. The molecule has 0 fully saturated rings. The Labute approximate surface area is 116 Å². The lowest BCUT2D eigenvalue weighted by molar-refractivity contribution is 0.116. The van der Waals surface area contributed by atoms with Crippen molar-refractivity contribution < 1.29 is 17.6 Å². The molecule has 0 saturated heterocycles. The number of rotatable bonds is 3. The van der Waals surface area contributed by atoms with Crippen molar-refractivity contribution in [3.8, 4) is 11.5 Å². The lowest BCUT2D eigenvalue weighted by atomic mass is 10.2. The Morgan fingerprint density at radius 1 is 1.32 bits per heavy atom. The molecule has 0 bridgehead atoms. The smallest absolute Gasteiger partial charge is 0.314 e. The largest absolute Gasteiger partial charge is 0.415 e. The molecule has 0 radical (unpaired) electrons. The second-order valence-corrected chi connectivity index (χ2v) is 3.59. The van der Waals surface area contributed by atoms with Crippen molar-refractivity contribution in [2.24, 2.45) is 0 Å². The standard InChI is InChI=1S/C9H5BrF3N3O.C2H6/c10-2-6-5(11)1-4(3-14-6)8-15-16-9(17-8)7(12)13;1-2/h1,3,7H,2H2;1-2H3. The van der Waals surface area contributed by atoms with E-state index in [9.17, 15) is 13.2 Å². The highest BCUT2D eigenvalue weighted by Gasteiger charge is 2.17. The predicted octanol–water partition coefficient (Wildman–Crippen LogP) is 4.13. The Hall–Kier alpha value is -1.44. The van der Waals surface area contributed by atoms with E-state index in [4.69, 9.17) is 0 Å². The molecule has 0 aromatic carbocycles. The van der Waals surface area contributed by atoms with Crippen LogP contribution in [0.25, 0.3) is 11.5 Å². The quantitative estimate of drug-likeness (QED) is 0.790. The number of alkyl halides is 3. The molecule has 0 amide bonds. The van der Waals surface area contributed by atoms with Gasteiger partial charge in [-0.25, -0.2) is 4.39 Å². The molecular weight excluding hydrogens is 327 g/mol. The zero-order chi connectivity index (χ0) is 14.4. The zero-order valence-corrected chi connectivity index (χ0v) is 11.8. The first-order chi connectivity index (χ1) is 9.11. The second-order valence-electron chi connectivity index (χ2n) is 3.03. The Balaban J connectivity index is 0.000000861. The van der Waals surface area contributed by atoms with Gasteiger partial charge < -0.3 is 4.42 Å². The summed E-state index contributed by atoms with van der Waals surface area (Å²) in [6, 6.07) is 1.10. The highest BCUT2D eigenvalue weighted by atomic mass is 79.9. The predicted molar refractivity (Wildman–Crippen MR) is 66.4 cm³/mol. The number of hydrogen-bond acceptors (Lipinski definition) is 4. The van der Waals surface area contributed by atoms with E-state index in [2.05, 4.69) is 35.5 Å². The maximum absolute atomic E-state index is 13.4. The highest BCUT2D eigenvalue weighted by molar-refractivity contribution is 9.08. The third-order valence-electron chi connectivity index (χ3n) is 1.92. The van der Waals surface area contributed by atoms with Gasteiger partial charge in [0.15, 0.2) is 0 Å². The molecule has 19 heavy (non-hydrogen) atoms. The molecule has 0 spiro atoms. The number of pyridine rings is 1. The van der Waals surface area contributed by atoms with Gasteiger partial charge in [0.2, 0.25) is 5.89 Å². The first kappa shape index (κ1) is 15.6. The molecule has 0 saturated carbocycles. The maximum atomic E-state index is 13.4. The third-order valence-corrected chi connectivity index (χ3v) is 2.45. The summed E-state index contributed by atoms with van der Waals surface area (Å²) in [4.78, 5) is 3.79. The van der Waals surface area contributed by atoms with Gasteiger partial charge in [-0.2, -0.15) is 8.78 Å². The van der Waals surface area contributed by atoms with Gasteiger partial charge in [0.05, 0.1) is 11.3 Å². The minimum atomic E-state index is -2.85. The van der Waals surface area contributed by atoms with Crippen LogP contribution in [0.2, 0.25) is 0 Å². The SMILES string of the molecule is CC.Fc1cc(-c2nnc(C(F)F)o2)cnc1CBr. The van der Waals surface area contributed by atoms with Crippen LogP contribution in [0.5, 0.6) is 0 Å². The van der Waals surface area contributed by atoms with E-state index >= 15 is 0 Å². The molecule has 2 aromatic rings. The topological polar surface area (TPSA) is 51.8 Å². The van der Waals surface area contributed by atoms with E-state index < -0.39 is 18.1 Å². The second kappa shape index (κ2) is 7.22. The van der Waals surface area contributed by atoms with Gasteiger partial charge in [0.25, 0.3) is 5.89 Å². The molecule has 104 valence electrons. The summed E-state index contributed by atoms with van der Waals surface area (Å²) in [6.45, 7) is 4.00. The molecule has 8 heteroatoms. The van der Waals surface area contributed by atoms with Crippen LogP contribution in [0, 0.1) is 5.82 Å². The van der Waals surface area contributed by atoms with Gasteiger partial charge >= 0.3 is 6.43 Å². The molecule has 4 nitrogen and oxygen atoms in total. The fraction of sp³-hybridized carbons (Fsp3) is 0.364. The Bertz CT molecular complexity index is 534. The third kappa shape index (κ3) is 3.76. The van der Waals surface area contributed by atoms with Crippen molar-refractivity contribution >= 4 is 15.9 Å². The summed E-state index contributed by atoms with van der Waals surface area (Å²) >= 11 is 3.06. The zero-order valence-electron chi connectivity index (χ0n) is 10.2. The van der Waals surface area contributed by atoms with E-state index in [1.807, 2.05) is 13.8 Å². The van der Waals surface area contributed by atoms with Crippen molar-refractivity contribution in [2.45, 2.75) is 25.6 Å². The van der Waals surface area contributed by atoms with Crippen LogP contribution < -0.4 is 0 Å². The lowest BCUT2D eigenvalue weighted by Crippen LogP contribution is -1.92. The van der Waals surface area contributed by atoms with E-state index in [-0.39, 0.29) is 22.5 Å². The maximum Gasteiger partial charge on any atom is 0.314 e. The van der Waals surface area contributed by atoms with Crippen LogP contribution in [0.1, 0.15) is 31.9 Å². The van der Waals surface area contributed by atoms with Crippen molar-refractivity contribution in [3.05, 3.63) is 29.7 Å². The fourth-order valence-electron chi connectivity index (χ4n) is 1.12. The average Bonchev–Trinajstić information content (AvgIpc) is 2.91. The van der Waals surface area contributed by atoms with E-state index in [0.717, 1.165) is 6.07 Å². The minimum Gasteiger partial charge on any atom is -0.415 e. The van der Waals surface area contributed by atoms with Gasteiger partial charge in [-0.1, -0.05) is 29.8 Å². The summed E-state index contributed by atoms with van der Waals surface area (Å²) in [7, 11) is 0. The molecule has 0 N–H and O–H groups in total. The van der Waals surface area contributed by atoms with Gasteiger partial charge in [-0.05, 0) is 6.07 Å². The van der Waals surface area contributed by atoms with Gasteiger partial charge in [0.1, 0.15) is 5.82 Å². The molecule has 2 heterocycles. The number of hydrogen-bond donors (Lipinski definition) is 0. The normalized spacial score (nSPS) is 10.3. The first-order valence-corrected chi connectivity index (χ1v) is 6.56. The van der Waals surface area contributed by atoms with Crippen LogP contribution in [0.15, 0.2) is 16.7 Å². The monoisotopic (exact) mass is 337 g/mol. The van der Waals surface area contributed by atoms with Crippen LogP contribution in [-0.4, -0.2) is 15.2 Å². The summed E-state index contributed by atoms with van der Waals surface area (Å²) in [5, 5.41) is 6.78. The summed E-state index contributed by atoms with van der Waals surface area (Å²) in [6.07, 6.45) is -1.57. The summed E-state index contributed by atoms with van der Waals surface area (Å²) in [5.41, 5.74) is 0.369. The molecule has 0 aliphatic heterocycles. The number of halogens is 4. The van der Waals surface area contributed by atoms with E-state index in [1.54, 1.807) is 0 Å². The van der Waals surface area contributed by atoms with E-state index in [1.165, 1.54) is 6.20 Å².